The number of nitrogens with zero attached hydrogens (tertiary/aromatic N) is 2. The highest BCUT2D eigenvalue weighted by Gasteiger charge is 2.12. The van der Waals surface area contributed by atoms with Gasteiger partial charge in [-0.2, -0.15) is 0 Å². The molecule has 0 aliphatic rings. The first-order chi connectivity index (χ1) is 10.1. The van der Waals surface area contributed by atoms with Crippen LogP contribution in [0.3, 0.4) is 0 Å². The number of hydrogen-bond acceptors (Lipinski definition) is 6. The topological polar surface area (TPSA) is 90.1 Å². The number of aromatic nitrogens is 2. The number of ether oxygens (including phenoxy) is 1. The Labute approximate surface area is 131 Å². The average molecular weight is 327 g/mol. The van der Waals surface area contributed by atoms with Crippen LogP contribution in [0.2, 0.25) is 5.02 Å². The second kappa shape index (κ2) is 7.24. The molecule has 0 saturated carbocycles. The Kier molecular flexibility index (Phi) is 5.35. The van der Waals surface area contributed by atoms with Crippen molar-refractivity contribution in [3.8, 4) is 5.75 Å². The molecule has 0 atom stereocenters. The Balaban J connectivity index is 1.85. The number of aryl methyl sites for hydroxylation is 1. The van der Waals surface area contributed by atoms with Crippen molar-refractivity contribution >= 4 is 34.0 Å². The van der Waals surface area contributed by atoms with Crippen LogP contribution in [-0.4, -0.2) is 29.8 Å². The molecule has 0 spiro atoms. The maximum Gasteiger partial charge on any atom is 0.255 e. The van der Waals surface area contributed by atoms with E-state index < -0.39 is 0 Å². The summed E-state index contributed by atoms with van der Waals surface area (Å²) in [6, 6.07) is 4.93. The van der Waals surface area contributed by atoms with E-state index in [4.69, 9.17) is 22.1 Å². The van der Waals surface area contributed by atoms with Crippen LogP contribution in [0.4, 0.5) is 5.13 Å². The lowest BCUT2D eigenvalue weighted by Gasteiger charge is -2.09. The molecule has 1 aromatic heterocycles. The van der Waals surface area contributed by atoms with Gasteiger partial charge in [0.05, 0.1) is 12.7 Å². The van der Waals surface area contributed by atoms with Gasteiger partial charge >= 0.3 is 0 Å². The highest BCUT2D eigenvalue weighted by molar-refractivity contribution is 7.15. The first-order valence-corrected chi connectivity index (χ1v) is 7.49. The number of benzene rings is 1. The molecule has 0 fully saturated rings. The van der Waals surface area contributed by atoms with Crippen molar-refractivity contribution < 1.29 is 9.53 Å². The molecule has 1 amide bonds. The van der Waals surface area contributed by atoms with Gasteiger partial charge in [0, 0.05) is 18.0 Å². The van der Waals surface area contributed by atoms with Gasteiger partial charge in [-0.3, -0.25) is 4.79 Å². The summed E-state index contributed by atoms with van der Waals surface area (Å²) in [6.45, 7) is 0.522. The Hall–Kier alpha value is -1.86. The number of carbonyl (C=O) groups is 1. The molecule has 1 heterocycles. The van der Waals surface area contributed by atoms with Crippen molar-refractivity contribution in [1.82, 2.24) is 15.5 Å². The lowest BCUT2D eigenvalue weighted by Crippen LogP contribution is -2.25. The third-order valence-corrected chi connectivity index (χ3v) is 3.79. The molecule has 8 heteroatoms. The van der Waals surface area contributed by atoms with Crippen LogP contribution in [0, 0.1) is 0 Å². The first kappa shape index (κ1) is 15.5. The largest absolute Gasteiger partial charge is 0.496 e. The minimum Gasteiger partial charge on any atom is -0.496 e. The molecule has 0 aliphatic carbocycles. The number of nitrogens with one attached hydrogen (secondary N) is 1. The van der Waals surface area contributed by atoms with Gasteiger partial charge in [-0.15, -0.1) is 10.2 Å². The van der Waals surface area contributed by atoms with Crippen molar-refractivity contribution in [3.63, 3.8) is 0 Å². The third-order valence-electron chi connectivity index (χ3n) is 2.74. The molecule has 112 valence electrons. The summed E-state index contributed by atoms with van der Waals surface area (Å²) >= 11 is 7.26. The predicted molar refractivity (Wildman–Crippen MR) is 83.0 cm³/mol. The van der Waals surface area contributed by atoms with Crippen LogP contribution in [0.25, 0.3) is 0 Å². The van der Waals surface area contributed by atoms with E-state index in [2.05, 4.69) is 15.5 Å². The fraction of sp³-hybridized carbons (Fsp3) is 0.308. The van der Waals surface area contributed by atoms with E-state index in [0.29, 0.717) is 28.0 Å². The molecule has 3 N–H and O–H groups in total. The molecule has 0 saturated heterocycles. The van der Waals surface area contributed by atoms with E-state index in [-0.39, 0.29) is 5.91 Å². The van der Waals surface area contributed by atoms with Crippen molar-refractivity contribution in [2.75, 3.05) is 19.4 Å². The van der Waals surface area contributed by atoms with Crippen molar-refractivity contribution in [1.29, 1.82) is 0 Å². The van der Waals surface area contributed by atoms with Gasteiger partial charge in [0.15, 0.2) is 0 Å². The van der Waals surface area contributed by atoms with Gasteiger partial charge in [0.25, 0.3) is 5.91 Å². The van der Waals surface area contributed by atoms with E-state index in [1.54, 1.807) is 18.2 Å². The monoisotopic (exact) mass is 326 g/mol. The number of carbonyl (C=O) groups excluding carboxylic acids is 1. The molecular weight excluding hydrogens is 312 g/mol. The summed E-state index contributed by atoms with van der Waals surface area (Å²) in [7, 11) is 1.51. The quantitative estimate of drug-likeness (QED) is 0.794. The van der Waals surface area contributed by atoms with E-state index in [9.17, 15) is 4.79 Å². The number of hydrogen-bond donors (Lipinski definition) is 2. The lowest BCUT2D eigenvalue weighted by molar-refractivity contribution is 0.0950. The lowest BCUT2D eigenvalue weighted by atomic mass is 10.2. The van der Waals surface area contributed by atoms with E-state index in [1.165, 1.54) is 18.4 Å². The maximum atomic E-state index is 12.1. The van der Waals surface area contributed by atoms with Crippen LogP contribution in [-0.2, 0) is 6.42 Å². The fourth-order valence-electron chi connectivity index (χ4n) is 1.76. The minimum atomic E-state index is -0.217. The summed E-state index contributed by atoms with van der Waals surface area (Å²) in [5.41, 5.74) is 5.92. The Bertz CT molecular complexity index is 632. The predicted octanol–water partition coefficient (Wildman–Crippen LogP) is 2.14. The zero-order valence-electron chi connectivity index (χ0n) is 11.4. The Morgan fingerprint density at radius 2 is 2.29 bits per heavy atom. The number of rotatable bonds is 6. The molecular formula is C13H15ClN4O2S. The molecule has 0 aliphatic heterocycles. The molecule has 0 unspecified atom stereocenters. The summed E-state index contributed by atoms with van der Waals surface area (Å²) in [6.07, 6.45) is 1.48. The average Bonchev–Trinajstić information content (AvgIpc) is 2.89. The number of anilines is 1. The summed E-state index contributed by atoms with van der Waals surface area (Å²) in [4.78, 5) is 12.1. The van der Waals surface area contributed by atoms with E-state index >= 15 is 0 Å². The molecule has 6 nitrogen and oxygen atoms in total. The van der Waals surface area contributed by atoms with Gasteiger partial charge in [0.1, 0.15) is 10.8 Å². The molecule has 0 radical (unpaired) electrons. The van der Waals surface area contributed by atoms with Gasteiger partial charge < -0.3 is 15.8 Å². The smallest absolute Gasteiger partial charge is 0.255 e. The highest BCUT2D eigenvalue weighted by atomic mass is 35.5. The number of methoxy groups -OCH3 is 1. The summed E-state index contributed by atoms with van der Waals surface area (Å²) in [5.74, 6) is 0.278. The van der Waals surface area contributed by atoms with Crippen LogP contribution < -0.4 is 15.8 Å². The maximum absolute atomic E-state index is 12.1. The normalized spacial score (nSPS) is 10.4. The zero-order chi connectivity index (χ0) is 15.2. The number of amides is 1. The second-order valence-corrected chi connectivity index (χ2v) is 5.77. The molecule has 2 aromatic rings. The summed E-state index contributed by atoms with van der Waals surface area (Å²) in [5, 5.41) is 12.3. The van der Waals surface area contributed by atoms with E-state index in [1.807, 2.05) is 0 Å². The molecule has 0 bridgehead atoms. The number of halogens is 1. The molecule has 21 heavy (non-hydrogen) atoms. The Morgan fingerprint density at radius 3 is 2.95 bits per heavy atom. The van der Waals surface area contributed by atoms with Crippen LogP contribution >= 0.6 is 22.9 Å². The molecule has 1 aromatic carbocycles. The first-order valence-electron chi connectivity index (χ1n) is 6.29. The van der Waals surface area contributed by atoms with Crippen molar-refractivity contribution in [2.24, 2.45) is 0 Å². The Morgan fingerprint density at radius 1 is 1.48 bits per heavy atom. The van der Waals surface area contributed by atoms with Crippen LogP contribution in [0.15, 0.2) is 18.2 Å². The van der Waals surface area contributed by atoms with Crippen LogP contribution in [0.1, 0.15) is 21.8 Å². The highest BCUT2D eigenvalue weighted by Crippen LogP contribution is 2.22. The number of nitrogen functional groups attached to an aromatic ring is 1. The van der Waals surface area contributed by atoms with Crippen LogP contribution in [0.5, 0.6) is 5.75 Å². The number of nitrogens with two attached hydrogens (primary N) is 1. The van der Waals surface area contributed by atoms with Gasteiger partial charge in [-0.1, -0.05) is 22.9 Å². The molecule has 2 rings (SSSR count). The van der Waals surface area contributed by atoms with E-state index in [0.717, 1.165) is 17.8 Å². The zero-order valence-corrected chi connectivity index (χ0v) is 13.0. The van der Waals surface area contributed by atoms with Gasteiger partial charge in [-0.05, 0) is 24.6 Å². The fourth-order valence-corrected chi connectivity index (χ4v) is 2.59. The second-order valence-electron chi connectivity index (χ2n) is 4.24. The van der Waals surface area contributed by atoms with Crippen molar-refractivity contribution in [3.05, 3.63) is 33.8 Å². The van der Waals surface area contributed by atoms with Gasteiger partial charge in [0.2, 0.25) is 5.13 Å². The van der Waals surface area contributed by atoms with Gasteiger partial charge in [-0.25, -0.2) is 0 Å². The standard InChI is InChI=1S/C13H15ClN4O2S/c1-20-10-5-4-8(14)7-9(10)12(19)16-6-2-3-11-17-18-13(15)21-11/h4-5,7H,2-3,6H2,1H3,(H2,15,18)(H,16,19). The van der Waals surface area contributed by atoms with Crippen molar-refractivity contribution in [2.45, 2.75) is 12.8 Å². The minimum absolute atomic E-state index is 0.217. The SMILES string of the molecule is COc1ccc(Cl)cc1C(=O)NCCCc1nnc(N)s1. The summed E-state index contributed by atoms with van der Waals surface area (Å²) < 4.78 is 5.15. The third kappa shape index (κ3) is 4.30.